The van der Waals surface area contributed by atoms with E-state index in [0.717, 1.165) is 34.3 Å². The smallest absolute Gasteiger partial charge is 0.228 e. The minimum Gasteiger partial charge on any atom is -0.497 e. The molecule has 238 valence electrons. The lowest BCUT2D eigenvalue weighted by Gasteiger charge is -2.34. The first-order valence-corrected chi connectivity index (χ1v) is 15.5. The Bertz CT molecular complexity index is 1630. The molecule has 0 saturated heterocycles. The largest absolute Gasteiger partial charge is 0.497 e. The number of hydrogen-bond acceptors (Lipinski definition) is 6. The van der Waals surface area contributed by atoms with Gasteiger partial charge in [-0.15, -0.1) is 0 Å². The van der Waals surface area contributed by atoms with Crippen molar-refractivity contribution in [1.82, 2.24) is 14.4 Å². The number of fused-ring (bicyclic) bond motifs is 2. The summed E-state index contributed by atoms with van der Waals surface area (Å²) in [7, 11) is 5.69. The highest BCUT2D eigenvalue weighted by atomic mass is 16.5. The van der Waals surface area contributed by atoms with E-state index in [1.165, 1.54) is 0 Å². The molecule has 4 aromatic rings. The summed E-state index contributed by atoms with van der Waals surface area (Å²) in [5.41, 5.74) is 4.50. The number of aromatic nitrogens is 1. The fraction of sp³-hybridized carbons (Fsp3) is 0.389. The molecule has 0 unspecified atom stereocenters. The SMILES string of the molecule is COc1ccc(CN(C)C[C@H]2Oc3ccc(NC(=O)Cc4cn(C)c5ccccc45)cc3CC(=O)N([C@H](C)CO)C[C@H]2C)cc1. The van der Waals surface area contributed by atoms with Gasteiger partial charge in [0.2, 0.25) is 11.8 Å². The van der Waals surface area contributed by atoms with Crippen LogP contribution in [0.2, 0.25) is 0 Å². The number of carbonyl (C=O) groups excluding carboxylic acids is 2. The summed E-state index contributed by atoms with van der Waals surface area (Å²) in [6.07, 6.45) is 2.10. The summed E-state index contributed by atoms with van der Waals surface area (Å²) in [5, 5.41) is 14.1. The standard InChI is InChI=1S/C36H44N4O5/c1-24-19-40(25(2)23-41)36(43)18-27-16-29(37-35(42)17-28-21-39(4)32-9-7-6-8-31(28)32)12-15-33(27)45-34(24)22-38(3)20-26-10-13-30(44-5)14-11-26/h6-16,21,24-25,34,41H,17-20,22-23H2,1-5H3,(H,37,42)/t24-,25-,34-/m1/s1. The Kier molecular flexibility index (Phi) is 10.1. The summed E-state index contributed by atoms with van der Waals surface area (Å²) in [6, 6.07) is 21.2. The fourth-order valence-electron chi connectivity index (χ4n) is 6.08. The fourth-order valence-corrected chi connectivity index (χ4v) is 6.08. The molecule has 45 heavy (non-hydrogen) atoms. The summed E-state index contributed by atoms with van der Waals surface area (Å²) < 4.78 is 14.0. The third-order valence-corrected chi connectivity index (χ3v) is 8.63. The van der Waals surface area contributed by atoms with Crippen molar-refractivity contribution in [2.24, 2.45) is 13.0 Å². The molecule has 5 rings (SSSR count). The van der Waals surface area contributed by atoms with Gasteiger partial charge >= 0.3 is 0 Å². The monoisotopic (exact) mass is 612 g/mol. The highest BCUT2D eigenvalue weighted by molar-refractivity contribution is 5.96. The molecule has 2 amide bonds. The number of rotatable bonds is 10. The van der Waals surface area contributed by atoms with E-state index in [4.69, 9.17) is 9.47 Å². The number of carbonyl (C=O) groups is 2. The Balaban J connectivity index is 1.36. The molecular formula is C36H44N4O5. The number of aliphatic hydroxyl groups is 1. The van der Waals surface area contributed by atoms with E-state index in [2.05, 4.69) is 36.3 Å². The van der Waals surface area contributed by atoms with Crippen LogP contribution in [0.25, 0.3) is 10.9 Å². The second-order valence-corrected chi connectivity index (χ2v) is 12.3. The second kappa shape index (κ2) is 14.2. The van der Waals surface area contributed by atoms with Gasteiger partial charge in [0.05, 0.1) is 32.6 Å². The number of benzene rings is 3. The van der Waals surface area contributed by atoms with E-state index in [1.54, 1.807) is 12.0 Å². The number of aryl methyl sites for hydroxylation is 1. The number of methoxy groups -OCH3 is 1. The summed E-state index contributed by atoms with van der Waals surface area (Å²) >= 11 is 0. The molecular weight excluding hydrogens is 568 g/mol. The van der Waals surface area contributed by atoms with Gasteiger partial charge in [0, 0.05) is 61.0 Å². The maximum absolute atomic E-state index is 13.6. The van der Waals surface area contributed by atoms with Gasteiger partial charge in [-0.05, 0) is 61.5 Å². The molecule has 0 radical (unpaired) electrons. The first kappa shape index (κ1) is 32.1. The van der Waals surface area contributed by atoms with E-state index in [9.17, 15) is 14.7 Å². The van der Waals surface area contributed by atoms with Crippen LogP contribution in [0.5, 0.6) is 11.5 Å². The van der Waals surface area contributed by atoms with E-state index < -0.39 is 0 Å². The summed E-state index contributed by atoms with van der Waals surface area (Å²) in [4.78, 5) is 30.7. The number of nitrogens with zero attached hydrogens (tertiary/aromatic N) is 3. The molecule has 1 aliphatic rings. The van der Waals surface area contributed by atoms with Crippen LogP contribution in [-0.4, -0.2) is 77.3 Å². The van der Waals surface area contributed by atoms with Crippen molar-refractivity contribution in [3.63, 3.8) is 0 Å². The summed E-state index contributed by atoms with van der Waals surface area (Å²) in [6.45, 7) is 5.64. The number of ether oxygens (including phenoxy) is 2. The molecule has 3 atom stereocenters. The van der Waals surface area contributed by atoms with Gasteiger partial charge in [-0.3, -0.25) is 14.5 Å². The van der Waals surface area contributed by atoms with Crippen molar-refractivity contribution in [3.05, 3.63) is 89.6 Å². The van der Waals surface area contributed by atoms with Gasteiger partial charge in [-0.1, -0.05) is 37.3 Å². The number of likely N-dealkylation sites (N-methyl/N-ethyl adjacent to an activating group) is 1. The Morgan fingerprint density at radius 2 is 1.91 bits per heavy atom. The average Bonchev–Trinajstić information content (AvgIpc) is 3.36. The van der Waals surface area contributed by atoms with Gasteiger partial charge in [0.25, 0.3) is 0 Å². The zero-order valence-electron chi connectivity index (χ0n) is 26.8. The third-order valence-electron chi connectivity index (χ3n) is 8.63. The number of aliphatic hydroxyl groups excluding tert-OH is 1. The van der Waals surface area contributed by atoms with Crippen molar-refractivity contribution in [3.8, 4) is 11.5 Å². The molecule has 0 aliphatic carbocycles. The van der Waals surface area contributed by atoms with E-state index >= 15 is 0 Å². The molecule has 3 aromatic carbocycles. The van der Waals surface area contributed by atoms with E-state index in [1.807, 2.05) is 79.3 Å². The van der Waals surface area contributed by atoms with E-state index in [0.29, 0.717) is 30.1 Å². The van der Waals surface area contributed by atoms with Crippen LogP contribution in [0.1, 0.15) is 30.5 Å². The average molecular weight is 613 g/mol. The molecule has 1 aromatic heterocycles. The summed E-state index contributed by atoms with van der Waals surface area (Å²) in [5.74, 6) is 1.22. The first-order chi connectivity index (χ1) is 21.6. The Hall–Kier alpha value is -4.34. The maximum Gasteiger partial charge on any atom is 0.228 e. The van der Waals surface area contributed by atoms with Crippen LogP contribution in [-0.2, 0) is 36.0 Å². The van der Waals surface area contributed by atoms with Crippen molar-refractivity contribution >= 4 is 28.4 Å². The normalized spacial score (nSPS) is 17.7. The minimum atomic E-state index is -0.331. The van der Waals surface area contributed by atoms with Crippen molar-refractivity contribution in [2.75, 3.05) is 39.2 Å². The molecule has 0 spiro atoms. The van der Waals surface area contributed by atoms with Crippen LogP contribution < -0.4 is 14.8 Å². The van der Waals surface area contributed by atoms with Gasteiger partial charge in [-0.25, -0.2) is 0 Å². The number of para-hydroxylation sites is 1. The first-order valence-electron chi connectivity index (χ1n) is 15.5. The Morgan fingerprint density at radius 3 is 2.64 bits per heavy atom. The molecule has 9 heteroatoms. The number of nitrogens with one attached hydrogen (secondary N) is 1. The van der Waals surface area contributed by atoms with Gasteiger partial charge in [-0.2, -0.15) is 0 Å². The predicted octanol–water partition coefficient (Wildman–Crippen LogP) is 4.65. The lowest BCUT2D eigenvalue weighted by atomic mass is 10.0. The lowest BCUT2D eigenvalue weighted by Crippen LogP contribution is -2.47. The van der Waals surface area contributed by atoms with Crippen LogP contribution in [0.15, 0.2) is 72.9 Å². The molecule has 0 bridgehead atoms. The van der Waals surface area contributed by atoms with Crippen LogP contribution in [0, 0.1) is 5.92 Å². The molecule has 0 fully saturated rings. The quantitative estimate of drug-likeness (QED) is 0.271. The van der Waals surface area contributed by atoms with Gasteiger partial charge in [0.1, 0.15) is 17.6 Å². The van der Waals surface area contributed by atoms with Crippen LogP contribution >= 0.6 is 0 Å². The van der Waals surface area contributed by atoms with Crippen molar-refractivity contribution < 1.29 is 24.2 Å². The van der Waals surface area contributed by atoms with Crippen molar-refractivity contribution in [1.29, 1.82) is 0 Å². The molecule has 1 aliphatic heterocycles. The van der Waals surface area contributed by atoms with Crippen molar-refractivity contribution in [2.45, 2.75) is 45.4 Å². The molecule has 0 saturated carbocycles. The molecule has 2 N–H and O–H groups in total. The number of amides is 2. The van der Waals surface area contributed by atoms with Crippen LogP contribution in [0.3, 0.4) is 0 Å². The predicted molar refractivity (Wildman–Crippen MR) is 177 cm³/mol. The number of anilines is 1. The maximum atomic E-state index is 13.6. The lowest BCUT2D eigenvalue weighted by molar-refractivity contribution is -0.134. The van der Waals surface area contributed by atoms with Gasteiger partial charge in [0.15, 0.2) is 0 Å². The van der Waals surface area contributed by atoms with Gasteiger partial charge < -0.3 is 29.4 Å². The molecule has 2 heterocycles. The Labute approximate surface area is 265 Å². The Morgan fingerprint density at radius 1 is 1.16 bits per heavy atom. The zero-order valence-corrected chi connectivity index (χ0v) is 26.8. The van der Waals surface area contributed by atoms with Crippen LogP contribution in [0.4, 0.5) is 5.69 Å². The second-order valence-electron chi connectivity index (χ2n) is 12.3. The topological polar surface area (TPSA) is 96.3 Å². The number of hydrogen-bond donors (Lipinski definition) is 2. The minimum absolute atomic E-state index is 0.00714. The third kappa shape index (κ3) is 7.67. The van der Waals surface area contributed by atoms with E-state index in [-0.39, 0.29) is 49.3 Å². The zero-order chi connectivity index (χ0) is 32.1. The highest BCUT2D eigenvalue weighted by Crippen LogP contribution is 2.30. The highest BCUT2D eigenvalue weighted by Gasteiger charge is 2.31. The molecule has 9 nitrogen and oxygen atoms in total.